The number of hydrogen-bond donors (Lipinski definition) is 2. The SMILES string of the molecule is FC(F)(F)CCN1CNC2=NCNC=C21. The highest BCUT2D eigenvalue weighted by Gasteiger charge is 2.31. The Morgan fingerprint density at radius 3 is 3.00 bits per heavy atom. The zero-order valence-electron chi connectivity index (χ0n) is 7.93. The lowest BCUT2D eigenvalue weighted by molar-refractivity contribution is -0.136. The van der Waals surface area contributed by atoms with E-state index in [1.54, 1.807) is 11.1 Å². The normalized spacial score (nSPS) is 20.1. The van der Waals surface area contributed by atoms with Gasteiger partial charge in [-0.3, -0.25) is 0 Å². The zero-order chi connectivity index (χ0) is 10.9. The Hall–Kier alpha value is -1.40. The number of hydrogen-bond acceptors (Lipinski definition) is 4. The molecule has 84 valence electrons. The van der Waals surface area contributed by atoms with Gasteiger partial charge in [-0.2, -0.15) is 13.2 Å². The van der Waals surface area contributed by atoms with E-state index in [9.17, 15) is 13.2 Å². The smallest absolute Gasteiger partial charge is 0.370 e. The summed E-state index contributed by atoms with van der Waals surface area (Å²) in [4.78, 5) is 5.71. The van der Waals surface area contributed by atoms with Gasteiger partial charge < -0.3 is 15.5 Å². The average molecular weight is 220 g/mol. The maximum atomic E-state index is 12.0. The molecule has 1 saturated heterocycles. The average Bonchev–Trinajstić information content (AvgIpc) is 2.57. The van der Waals surface area contributed by atoms with Crippen LogP contribution in [0.25, 0.3) is 0 Å². The van der Waals surface area contributed by atoms with Crippen molar-refractivity contribution in [3.63, 3.8) is 0 Å². The number of nitrogens with one attached hydrogen (secondary N) is 2. The second kappa shape index (κ2) is 3.63. The largest absolute Gasteiger partial charge is 0.390 e. The fourth-order valence-corrected chi connectivity index (χ4v) is 1.52. The summed E-state index contributed by atoms with van der Waals surface area (Å²) in [5.41, 5.74) is 0.713. The second-order valence-electron chi connectivity index (χ2n) is 3.36. The molecule has 0 spiro atoms. The lowest BCUT2D eigenvalue weighted by Crippen LogP contribution is -2.27. The summed E-state index contributed by atoms with van der Waals surface area (Å²) in [6.45, 7) is 0.824. The van der Waals surface area contributed by atoms with E-state index in [4.69, 9.17) is 0 Å². The zero-order valence-corrected chi connectivity index (χ0v) is 7.93. The van der Waals surface area contributed by atoms with Gasteiger partial charge in [0.2, 0.25) is 0 Å². The van der Waals surface area contributed by atoms with Crippen LogP contribution in [0.5, 0.6) is 0 Å². The number of alkyl halides is 3. The number of fused-ring (bicyclic) bond motifs is 1. The van der Waals surface area contributed by atoms with Crippen molar-refractivity contribution in [1.82, 2.24) is 15.5 Å². The first-order valence-corrected chi connectivity index (χ1v) is 4.60. The monoisotopic (exact) mass is 220 g/mol. The van der Waals surface area contributed by atoms with E-state index >= 15 is 0 Å². The summed E-state index contributed by atoms with van der Waals surface area (Å²) in [6.07, 6.45) is -3.22. The molecule has 0 bridgehead atoms. The van der Waals surface area contributed by atoms with E-state index < -0.39 is 12.6 Å². The van der Waals surface area contributed by atoms with E-state index in [-0.39, 0.29) is 6.54 Å². The van der Waals surface area contributed by atoms with Crippen LogP contribution in [0.2, 0.25) is 0 Å². The van der Waals surface area contributed by atoms with Crippen LogP contribution in [0.4, 0.5) is 13.2 Å². The number of halogens is 3. The van der Waals surface area contributed by atoms with Crippen LogP contribution in [-0.4, -0.2) is 36.8 Å². The Bertz CT molecular complexity index is 307. The molecule has 0 amide bonds. The van der Waals surface area contributed by atoms with Crippen LogP contribution >= 0.6 is 0 Å². The van der Waals surface area contributed by atoms with E-state index in [0.29, 0.717) is 24.9 Å². The topological polar surface area (TPSA) is 39.7 Å². The first kappa shape index (κ1) is 10.1. The molecule has 0 radical (unpaired) electrons. The Balaban J connectivity index is 1.95. The Labute approximate surface area is 84.8 Å². The molecule has 2 aliphatic rings. The third-order valence-corrected chi connectivity index (χ3v) is 2.25. The van der Waals surface area contributed by atoms with Gasteiger partial charge in [-0.15, -0.1) is 0 Å². The van der Waals surface area contributed by atoms with Gasteiger partial charge in [-0.25, -0.2) is 4.99 Å². The van der Waals surface area contributed by atoms with E-state index in [1.807, 2.05) is 0 Å². The first-order chi connectivity index (χ1) is 7.06. The molecule has 15 heavy (non-hydrogen) atoms. The van der Waals surface area contributed by atoms with E-state index in [2.05, 4.69) is 15.6 Å². The van der Waals surface area contributed by atoms with Crippen molar-refractivity contribution in [1.29, 1.82) is 0 Å². The van der Waals surface area contributed by atoms with Gasteiger partial charge in [0.05, 0.1) is 18.8 Å². The highest BCUT2D eigenvalue weighted by molar-refractivity contribution is 5.99. The van der Waals surface area contributed by atoms with Gasteiger partial charge in [-0.1, -0.05) is 0 Å². The number of nitrogens with zero attached hydrogens (tertiary/aromatic N) is 2. The van der Waals surface area contributed by atoms with Gasteiger partial charge in [-0.05, 0) is 0 Å². The van der Waals surface area contributed by atoms with Crippen LogP contribution in [0, 0.1) is 0 Å². The van der Waals surface area contributed by atoms with Crippen LogP contribution < -0.4 is 10.6 Å². The number of aliphatic imine (C=N–C) groups is 1. The molecule has 0 saturated carbocycles. The fraction of sp³-hybridized carbons (Fsp3) is 0.625. The van der Waals surface area contributed by atoms with Crippen LogP contribution in [0.15, 0.2) is 16.9 Å². The summed E-state index contributed by atoms with van der Waals surface area (Å²) >= 11 is 0. The van der Waals surface area contributed by atoms with Gasteiger partial charge in [0.1, 0.15) is 12.5 Å². The molecule has 2 N–H and O–H groups in total. The quantitative estimate of drug-likeness (QED) is 0.716. The molecule has 0 aromatic heterocycles. The van der Waals surface area contributed by atoms with Gasteiger partial charge in [0.15, 0.2) is 0 Å². The van der Waals surface area contributed by atoms with Crippen molar-refractivity contribution in [2.45, 2.75) is 12.6 Å². The molecule has 0 aromatic rings. The molecule has 4 nitrogen and oxygen atoms in total. The lowest BCUT2D eigenvalue weighted by Gasteiger charge is -2.20. The molecule has 7 heteroatoms. The molecule has 2 heterocycles. The predicted octanol–water partition coefficient (Wildman–Crippen LogP) is 0.602. The van der Waals surface area contributed by atoms with Crippen molar-refractivity contribution in [2.24, 2.45) is 4.99 Å². The third kappa shape index (κ3) is 2.34. The van der Waals surface area contributed by atoms with Crippen molar-refractivity contribution in [3.8, 4) is 0 Å². The first-order valence-electron chi connectivity index (χ1n) is 4.60. The van der Waals surface area contributed by atoms with Gasteiger partial charge in [0, 0.05) is 12.7 Å². The summed E-state index contributed by atoms with van der Waals surface area (Å²) in [5.74, 6) is 0.677. The summed E-state index contributed by atoms with van der Waals surface area (Å²) in [6, 6.07) is 0. The molecular weight excluding hydrogens is 209 g/mol. The van der Waals surface area contributed by atoms with E-state index in [1.165, 1.54) is 0 Å². The van der Waals surface area contributed by atoms with Gasteiger partial charge in [0.25, 0.3) is 0 Å². The van der Waals surface area contributed by atoms with Crippen LogP contribution in [-0.2, 0) is 0 Å². The highest BCUT2D eigenvalue weighted by atomic mass is 19.4. The predicted molar refractivity (Wildman–Crippen MR) is 48.9 cm³/mol. The Kier molecular flexibility index (Phi) is 2.45. The minimum atomic E-state index is -4.11. The maximum Gasteiger partial charge on any atom is 0.390 e. The maximum absolute atomic E-state index is 12.0. The summed E-state index contributed by atoms with van der Waals surface area (Å²) in [5, 5.41) is 5.82. The Morgan fingerprint density at radius 2 is 2.27 bits per heavy atom. The molecule has 0 unspecified atom stereocenters. The molecule has 2 aliphatic heterocycles. The molecule has 2 rings (SSSR count). The Morgan fingerprint density at radius 1 is 1.47 bits per heavy atom. The molecule has 0 aliphatic carbocycles. The van der Waals surface area contributed by atoms with Crippen LogP contribution in [0.3, 0.4) is 0 Å². The minimum Gasteiger partial charge on any atom is -0.370 e. The fourth-order valence-electron chi connectivity index (χ4n) is 1.52. The summed E-state index contributed by atoms with van der Waals surface area (Å²) in [7, 11) is 0. The van der Waals surface area contributed by atoms with Crippen molar-refractivity contribution < 1.29 is 13.2 Å². The molecule has 0 aromatic carbocycles. The van der Waals surface area contributed by atoms with Crippen molar-refractivity contribution >= 4 is 5.84 Å². The van der Waals surface area contributed by atoms with Crippen molar-refractivity contribution in [3.05, 3.63) is 11.9 Å². The van der Waals surface area contributed by atoms with Crippen LogP contribution in [0.1, 0.15) is 6.42 Å². The molecular formula is C8H11F3N4. The number of amidine groups is 1. The number of rotatable bonds is 2. The third-order valence-electron chi connectivity index (χ3n) is 2.25. The lowest BCUT2D eigenvalue weighted by atomic mass is 10.3. The van der Waals surface area contributed by atoms with Crippen molar-refractivity contribution in [2.75, 3.05) is 19.9 Å². The molecule has 0 atom stereocenters. The minimum absolute atomic E-state index is 0.0387. The standard InChI is InChI=1S/C8H11F3N4/c9-8(10,11)1-2-15-5-14-7-6(15)3-12-4-13-7/h3,12H,1-2,4-5H2,(H,13,14). The summed E-state index contributed by atoms with van der Waals surface area (Å²) < 4.78 is 36.1. The van der Waals surface area contributed by atoms with E-state index in [0.717, 1.165) is 0 Å². The van der Waals surface area contributed by atoms with Gasteiger partial charge >= 0.3 is 6.18 Å². The second-order valence-corrected chi connectivity index (χ2v) is 3.36. The molecule has 1 fully saturated rings. The highest BCUT2D eigenvalue weighted by Crippen LogP contribution is 2.22.